The van der Waals surface area contributed by atoms with Crippen LogP contribution in [-0.4, -0.2) is 55.6 Å². The summed E-state index contributed by atoms with van der Waals surface area (Å²) in [5, 5.41) is 3.17. The van der Waals surface area contributed by atoms with Crippen LogP contribution >= 0.6 is 0 Å². The van der Waals surface area contributed by atoms with E-state index in [9.17, 15) is 9.59 Å². The van der Waals surface area contributed by atoms with Gasteiger partial charge in [0.15, 0.2) is 0 Å². The van der Waals surface area contributed by atoms with Gasteiger partial charge >= 0.3 is 0 Å². The van der Waals surface area contributed by atoms with E-state index in [2.05, 4.69) is 5.32 Å². The van der Waals surface area contributed by atoms with Crippen LogP contribution in [0.15, 0.2) is 30.3 Å². The Morgan fingerprint density at radius 2 is 1.63 bits per heavy atom. The van der Waals surface area contributed by atoms with Crippen LogP contribution in [0.2, 0.25) is 0 Å². The molecular formula is C28H37N3O4. The summed E-state index contributed by atoms with van der Waals surface area (Å²) in [6.45, 7) is 3.93. The van der Waals surface area contributed by atoms with Crippen molar-refractivity contribution in [1.29, 1.82) is 0 Å². The number of carbonyl (C=O) groups excluding carboxylic acids is 2. The number of benzene rings is 1. The van der Waals surface area contributed by atoms with Gasteiger partial charge in [-0.05, 0) is 62.8 Å². The number of amides is 2. The number of pyridine rings is 1. The highest BCUT2D eigenvalue weighted by atomic mass is 16.5. The van der Waals surface area contributed by atoms with Crippen molar-refractivity contribution in [2.45, 2.75) is 57.8 Å². The lowest BCUT2D eigenvalue weighted by Crippen LogP contribution is -2.38. The monoisotopic (exact) mass is 479 g/mol. The van der Waals surface area contributed by atoms with Gasteiger partial charge in [0, 0.05) is 42.9 Å². The molecule has 1 saturated heterocycles. The summed E-state index contributed by atoms with van der Waals surface area (Å²) in [6.07, 6.45) is 7.77. The molecule has 0 bridgehead atoms. The van der Waals surface area contributed by atoms with Crippen molar-refractivity contribution in [3.63, 3.8) is 0 Å². The summed E-state index contributed by atoms with van der Waals surface area (Å²) in [5.41, 5.74) is 3.00. The molecule has 188 valence electrons. The Kier molecular flexibility index (Phi) is 8.26. The number of likely N-dealkylation sites (tertiary alicyclic amines) is 1. The first-order valence-corrected chi connectivity index (χ1v) is 12.8. The van der Waals surface area contributed by atoms with Crippen LogP contribution in [0.3, 0.4) is 0 Å². The number of hydrogen-bond donors (Lipinski definition) is 1. The highest BCUT2D eigenvalue weighted by molar-refractivity contribution is 5.96. The van der Waals surface area contributed by atoms with Crippen molar-refractivity contribution in [2.75, 3.05) is 33.9 Å². The lowest BCUT2D eigenvalue weighted by molar-refractivity contribution is 0.0709. The summed E-state index contributed by atoms with van der Waals surface area (Å²) in [7, 11) is 3.15. The number of piperidine rings is 1. The first-order chi connectivity index (χ1) is 17.0. The minimum absolute atomic E-state index is 0.0277. The van der Waals surface area contributed by atoms with Crippen LogP contribution < -0.4 is 14.8 Å². The van der Waals surface area contributed by atoms with Crippen molar-refractivity contribution in [1.82, 2.24) is 15.2 Å². The van der Waals surface area contributed by atoms with Crippen molar-refractivity contribution < 1.29 is 19.1 Å². The smallest absolute Gasteiger partial charge is 0.254 e. The van der Waals surface area contributed by atoms with Gasteiger partial charge in [-0.3, -0.25) is 14.6 Å². The number of aryl methyl sites for hydroxylation is 1. The molecule has 1 aliphatic heterocycles. The van der Waals surface area contributed by atoms with Gasteiger partial charge in [0.05, 0.1) is 25.5 Å². The summed E-state index contributed by atoms with van der Waals surface area (Å²) >= 11 is 0. The van der Waals surface area contributed by atoms with Crippen LogP contribution in [-0.2, 0) is 0 Å². The van der Waals surface area contributed by atoms with Crippen LogP contribution in [0.5, 0.6) is 11.5 Å². The van der Waals surface area contributed by atoms with Crippen LogP contribution in [0.1, 0.15) is 83.0 Å². The van der Waals surface area contributed by atoms with Crippen LogP contribution in [0.4, 0.5) is 0 Å². The van der Waals surface area contributed by atoms with Gasteiger partial charge in [-0.15, -0.1) is 0 Å². The SMILES string of the molecule is COc1cc(OC)cc(C(=O)N2CCC(c3nc(C)ccc3C(=O)NCC3CCCCC3)CC2)c1. The molecule has 1 N–H and O–H groups in total. The Labute approximate surface area is 208 Å². The molecule has 2 heterocycles. The molecule has 0 unspecified atom stereocenters. The molecule has 4 rings (SSSR count). The van der Waals surface area contributed by atoms with Gasteiger partial charge in [-0.2, -0.15) is 0 Å². The third-order valence-electron chi connectivity index (χ3n) is 7.35. The zero-order valence-corrected chi connectivity index (χ0v) is 21.1. The highest BCUT2D eigenvalue weighted by Crippen LogP contribution is 2.31. The Bertz CT molecular complexity index is 1020. The first kappa shape index (κ1) is 25.0. The summed E-state index contributed by atoms with van der Waals surface area (Å²) in [4.78, 5) is 32.9. The average molecular weight is 480 g/mol. The standard InChI is InChI=1S/C28H37N3O4/c1-19-9-10-25(27(32)29-18-20-7-5-4-6-8-20)26(30-19)21-11-13-31(14-12-21)28(33)22-15-23(34-2)17-24(16-22)35-3/h9-10,15-17,20-21H,4-8,11-14,18H2,1-3H3,(H,29,32). The summed E-state index contributed by atoms with van der Waals surface area (Å²) in [5.74, 6) is 1.85. The fourth-order valence-corrected chi connectivity index (χ4v) is 5.27. The Hall–Kier alpha value is -3.09. The molecule has 0 radical (unpaired) electrons. The Morgan fingerprint density at radius 3 is 2.26 bits per heavy atom. The predicted molar refractivity (Wildman–Crippen MR) is 135 cm³/mol. The molecule has 1 aromatic carbocycles. The van der Waals surface area contributed by atoms with E-state index in [1.807, 2.05) is 24.0 Å². The number of hydrogen-bond acceptors (Lipinski definition) is 5. The summed E-state index contributed by atoms with van der Waals surface area (Å²) in [6, 6.07) is 9.07. The third-order valence-corrected chi connectivity index (χ3v) is 7.35. The average Bonchev–Trinajstić information content (AvgIpc) is 2.91. The number of nitrogens with one attached hydrogen (secondary N) is 1. The van der Waals surface area contributed by atoms with E-state index in [0.717, 1.165) is 30.8 Å². The molecule has 1 aromatic heterocycles. The van der Waals surface area contributed by atoms with E-state index >= 15 is 0 Å². The van der Waals surface area contributed by atoms with Gasteiger partial charge in [0.1, 0.15) is 11.5 Å². The minimum Gasteiger partial charge on any atom is -0.497 e. The topological polar surface area (TPSA) is 80.8 Å². The van der Waals surface area contributed by atoms with E-state index in [4.69, 9.17) is 14.5 Å². The molecule has 7 heteroatoms. The van der Waals surface area contributed by atoms with E-state index in [0.29, 0.717) is 41.6 Å². The second-order valence-corrected chi connectivity index (χ2v) is 9.77. The normalized spacial score (nSPS) is 17.2. The van der Waals surface area contributed by atoms with Crippen molar-refractivity contribution in [3.8, 4) is 11.5 Å². The lowest BCUT2D eigenvalue weighted by Gasteiger charge is -2.32. The number of rotatable bonds is 7. The fraction of sp³-hybridized carbons (Fsp3) is 0.536. The maximum Gasteiger partial charge on any atom is 0.254 e. The number of methoxy groups -OCH3 is 2. The molecule has 7 nitrogen and oxygen atoms in total. The predicted octanol–water partition coefficient (Wildman–Crippen LogP) is 4.74. The fourth-order valence-electron chi connectivity index (χ4n) is 5.27. The van der Waals surface area contributed by atoms with Gasteiger partial charge in [0.25, 0.3) is 11.8 Å². The second-order valence-electron chi connectivity index (χ2n) is 9.77. The molecule has 2 fully saturated rings. The minimum atomic E-state index is -0.0386. The van der Waals surface area contributed by atoms with Crippen LogP contribution in [0, 0.1) is 12.8 Å². The van der Waals surface area contributed by atoms with Crippen molar-refractivity contribution in [2.24, 2.45) is 5.92 Å². The Balaban J connectivity index is 1.42. The lowest BCUT2D eigenvalue weighted by atomic mass is 9.88. The van der Waals surface area contributed by atoms with Crippen molar-refractivity contribution in [3.05, 3.63) is 52.8 Å². The molecule has 2 amide bonds. The second kappa shape index (κ2) is 11.6. The number of nitrogens with zero attached hydrogens (tertiary/aromatic N) is 2. The molecule has 2 aromatic rings. The molecule has 0 atom stereocenters. The van der Waals surface area contributed by atoms with Crippen LogP contribution in [0.25, 0.3) is 0 Å². The quantitative estimate of drug-likeness (QED) is 0.621. The van der Waals surface area contributed by atoms with E-state index in [1.54, 1.807) is 32.4 Å². The number of aromatic nitrogens is 1. The van der Waals surface area contributed by atoms with Gasteiger partial charge in [0.2, 0.25) is 0 Å². The van der Waals surface area contributed by atoms with E-state index < -0.39 is 0 Å². The van der Waals surface area contributed by atoms with Gasteiger partial charge in [-0.25, -0.2) is 0 Å². The third kappa shape index (κ3) is 6.13. The molecular weight excluding hydrogens is 442 g/mol. The maximum absolute atomic E-state index is 13.2. The van der Waals surface area contributed by atoms with Gasteiger partial charge in [-0.1, -0.05) is 19.3 Å². The number of ether oxygens (including phenoxy) is 2. The van der Waals surface area contributed by atoms with Gasteiger partial charge < -0.3 is 19.7 Å². The maximum atomic E-state index is 13.2. The van der Waals surface area contributed by atoms with E-state index in [1.165, 1.54) is 32.1 Å². The molecule has 0 spiro atoms. The zero-order chi connectivity index (χ0) is 24.8. The van der Waals surface area contributed by atoms with Crippen molar-refractivity contribution >= 4 is 11.8 Å². The molecule has 1 aliphatic carbocycles. The first-order valence-electron chi connectivity index (χ1n) is 12.8. The Morgan fingerprint density at radius 1 is 0.971 bits per heavy atom. The summed E-state index contributed by atoms with van der Waals surface area (Å²) < 4.78 is 10.6. The van der Waals surface area contributed by atoms with E-state index in [-0.39, 0.29) is 17.7 Å². The molecule has 35 heavy (non-hydrogen) atoms. The molecule has 1 saturated carbocycles. The largest absolute Gasteiger partial charge is 0.497 e. The highest BCUT2D eigenvalue weighted by Gasteiger charge is 2.29. The zero-order valence-electron chi connectivity index (χ0n) is 21.1. The number of carbonyl (C=O) groups is 2. The molecule has 2 aliphatic rings.